The number of hydrazone groups is 1. The normalized spacial score (nSPS) is 14.4. The number of primary sulfonamides is 1. The van der Waals surface area contributed by atoms with Crippen molar-refractivity contribution in [3.63, 3.8) is 0 Å². The van der Waals surface area contributed by atoms with Crippen LogP contribution in [0, 0.1) is 0 Å². The van der Waals surface area contributed by atoms with Gasteiger partial charge in [0, 0.05) is 18.5 Å². The van der Waals surface area contributed by atoms with Crippen LogP contribution in [0.15, 0.2) is 64.6 Å². The summed E-state index contributed by atoms with van der Waals surface area (Å²) in [5.41, 5.74) is 1.94. The number of sulfonamides is 1. The molecule has 1 heterocycles. The van der Waals surface area contributed by atoms with E-state index >= 15 is 0 Å². The fraction of sp³-hybridized carbons (Fsp3) is 0.273. The highest BCUT2D eigenvalue weighted by atomic mass is 32.2. The molecule has 0 spiro atoms. The van der Waals surface area contributed by atoms with Gasteiger partial charge in [-0.3, -0.25) is 14.4 Å². The second-order valence-corrected chi connectivity index (χ2v) is 8.94. The maximum Gasteiger partial charge on any atom is 0.307 e. The summed E-state index contributed by atoms with van der Waals surface area (Å²) in [4.78, 5) is 36.6. The van der Waals surface area contributed by atoms with Crippen molar-refractivity contribution in [2.24, 2.45) is 10.2 Å². The highest BCUT2D eigenvalue weighted by Gasteiger charge is 2.24. The minimum Gasteiger partial charge on any atom is -0.453 e. The summed E-state index contributed by atoms with van der Waals surface area (Å²) in [6.45, 7) is 1.81. The van der Waals surface area contributed by atoms with Gasteiger partial charge in [0.05, 0.1) is 23.6 Å². The first-order chi connectivity index (χ1) is 15.6. The van der Waals surface area contributed by atoms with Crippen LogP contribution in [0.5, 0.6) is 0 Å². The zero-order valence-corrected chi connectivity index (χ0v) is 18.7. The van der Waals surface area contributed by atoms with Gasteiger partial charge < -0.3 is 10.1 Å². The Labute approximate surface area is 191 Å². The third-order valence-electron chi connectivity index (χ3n) is 4.85. The molecule has 0 saturated carbocycles. The summed E-state index contributed by atoms with van der Waals surface area (Å²) in [5.74, 6) is -1.68. The molecule has 0 fully saturated rings. The van der Waals surface area contributed by atoms with E-state index < -0.39 is 28.0 Å². The number of amides is 2. The Morgan fingerprint density at radius 2 is 1.85 bits per heavy atom. The summed E-state index contributed by atoms with van der Waals surface area (Å²) in [6, 6.07) is 14.9. The van der Waals surface area contributed by atoms with E-state index in [2.05, 4.69) is 10.4 Å². The molecule has 10 nitrogen and oxygen atoms in total. The molecular formula is C22H24N4O6S. The number of nitrogens with one attached hydrogen (secondary N) is 1. The molecule has 2 amide bonds. The predicted molar refractivity (Wildman–Crippen MR) is 121 cm³/mol. The van der Waals surface area contributed by atoms with E-state index in [1.165, 1.54) is 36.2 Å². The Balaban J connectivity index is 1.47. The second kappa shape index (κ2) is 10.4. The molecule has 0 aliphatic carbocycles. The number of nitrogens with zero attached hydrogens (tertiary/aromatic N) is 2. The van der Waals surface area contributed by atoms with Gasteiger partial charge in [-0.25, -0.2) is 18.6 Å². The van der Waals surface area contributed by atoms with Crippen molar-refractivity contribution in [2.75, 3.05) is 11.9 Å². The molecule has 3 rings (SSSR count). The molecule has 0 bridgehead atoms. The van der Waals surface area contributed by atoms with Crippen LogP contribution in [-0.4, -0.2) is 49.6 Å². The molecule has 174 valence electrons. The van der Waals surface area contributed by atoms with Crippen LogP contribution < -0.4 is 10.5 Å². The molecule has 1 atom stereocenters. The lowest BCUT2D eigenvalue weighted by Crippen LogP contribution is -2.30. The number of nitrogens with two attached hydrogens (primary N) is 1. The standard InChI is InChI=1S/C22H24N4O6S/c1-15(22(29)24-17-8-5-9-18(14-17)33(23,30)31)32-21(28)11-10-20(27)26-13-12-19(25-26)16-6-3-2-4-7-16/h2-9,14-15H,10-13H2,1H3,(H,24,29)(H2,23,30,31). The topological polar surface area (TPSA) is 148 Å². The minimum absolute atomic E-state index is 0.102. The van der Waals surface area contributed by atoms with Crippen molar-refractivity contribution in [3.05, 3.63) is 60.2 Å². The first kappa shape index (κ1) is 24.1. The summed E-state index contributed by atoms with van der Waals surface area (Å²) in [7, 11) is -3.92. The average molecular weight is 473 g/mol. The molecular weight excluding hydrogens is 448 g/mol. The molecule has 2 aromatic carbocycles. The molecule has 1 aliphatic rings. The highest BCUT2D eigenvalue weighted by molar-refractivity contribution is 7.89. The molecule has 1 aliphatic heterocycles. The molecule has 11 heteroatoms. The zero-order valence-electron chi connectivity index (χ0n) is 17.9. The van der Waals surface area contributed by atoms with Crippen LogP contribution in [0.1, 0.15) is 31.7 Å². The third-order valence-corrected chi connectivity index (χ3v) is 5.76. The average Bonchev–Trinajstić information content (AvgIpc) is 3.28. The van der Waals surface area contributed by atoms with Gasteiger partial charge in [0.1, 0.15) is 0 Å². The zero-order chi connectivity index (χ0) is 24.0. The van der Waals surface area contributed by atoms with Gasteiger partial charge in [-0.2, -0.15) is 5.10 Å². The maximum absolute atomic E-state index is 12.4. The number of hydrogen-bond donors (Lipinski definition) is 2. The van der Waals surface area contributed by atoms with Crippen LogP contribution in [0.2, 0.25) is 0 Å². The van der Waals surface area contributed by atoms with Crippen molar-refractivity contribution < 1.29 is 27.5 Å². The lowest BCUT2D eigenvalue weighted by Gasteiger charge is -2.15. The highest BCUT2D eigenvalue weighted by Crippen LogP contribution is 2.16. The lowest BCUT2D eigenvalue weighted by molar-refractivity contribution is -0.154. The van der Waals surface area contributed by atoms with E-state index in [1.807, 2.05) is 30.3 Å². The molecule has 33 heavy (non-hydrogen) atoms. The summed E-state index contributed by atoms with van der Waals surface area (Å²) < 4.78 is 27.9. The van der Waals surface area contributed by atoms with E-state index in [0.717, 1.165) is 11.3 Å². The number of hydrogen-bond acceptors (Lipinski definition) is 7. The predicted octanol–water partition coefficient (Wildman–Crippen LogP) is 1.62. The van der Waals surface area contributed by atoms with Gasteiger partial charge in [-0.05, 0) is 30.7 Å². The molecule has 0 saturated heterocycles. The number of carbonyl (C=O) groups excluding carboxylic acids is 3. The summed E-state index contributed by atoms with van der Waals surface area (Å²) in [6.07, 6.45) is -0.830. The number of ether oxygens (including phenoxy) is 1. The SMILES string of the molecule is CC(OC(=O)CCC(=O)N1CCC(c2ccccc2)=N1)C(=O)Nc1cccc(S(N)(=O)=O)c1. The van der Waals surface area contributed by atoms with Crippen LogP contribution in [0.4, 0.5) is 5.69 Å². The van der Waals surface area contributed by atoms with Crippen LogP contribution >= 0.6 is 0 Å². The van der Waals surface area contributed by atoms with Crippen molar-refractivity contribution in [2.45, 2.75) is 37.2 Å². The fourth-order valence-electron chi connectivity index (χ4n) is 3.11. The summed E-state index contributed by atoms with van der Waals surface area (Å²) in [5, 5.41) is 13.2. The van der Waals surface area contributed by atoms with E-state index in [1.54, 1.807) is 0 Å². The van der Waals surface area contributed by atoms with Crippen LogP contribution in [0.3, 0.4) is 0 Å². The van der Waals surface area contributed by atoms with Crippen LogP contribution in [0.25, 0.3) is 0 Å². The fourth-order valence-corrected chi connectivity index (χ4v) is 3.67. The molecule has 0 aromatic heterocycles. The van der Waals surface area contributed by atoms with Crippen LogP contribution in [-0.2, 0) is 29.1 Å². The van der Waals surface area contributed by atoms with Gasteiger partial charge in [0.15, 0.2) is 6.10 Å². The van der Waals surface area contributed by atoms with Gasteiger partial charge in [0.2, 0.25) is 15.9 Å². The Morgan fingerprint density at radius 1 is 1.12 bits per heavy atom. The monoisotopic (exact) mass is 472 g/mol. The van der Waals surface area contributed by atoms with Crippen molar-refractivity contribution >= 4 is 39.2 Å². The van der Waals surface area contributed by atoms with Crippen molar-refractivity contribution in [1.82, 2.24) is 5.01 Å². The van der Waals surface area contributed by atoms with Crippen molar-refractivity contribution in [3.8, 4) is 0 Å². The Hall–Kier alpha value is -3.57. The first-order valence-electron chi connectivity index (χ1n) is 10.2. The van der Waals surface area contributed by atoms with Gasteiger partial charge in [0.25, 0.3) is 5.91 Å². The van der Waals surface area contributed by atoms with Gasteiger partial charge >= 0.3 is 5.97 Å². The maximum atomic E-state index is 12.4. The second-order valence-electron chi connectivity index (χ2n) is 7.37. The molecule has 2 aromatic rings. The molecule has 1 unspecified atom stereocenters. The third kappa shape index (κ3) is 6.70. The Morgan fingerprint density at radius 3 is 2.55 bits per heavy atom. The number of benzene rings is 2. The summed E-state index contributed by atoms with van der Waals surface area (Å²) >= 11 is 0. The van der Waals surface area contributed by atoms with E-state index in [-0.39, 0.29) is 29.3 Å². The number of anilines is 1. The molecule has 3 N–H and O–H groups in total. The van der Waals surface area contributed by atoms with Gasteiger partial charge in [-0.1, -0.05) is 36.4 Å². The first-order valence-corrected chi connectivity index (χ1v) is 11.7. The Kier molecular flexibility index (Phi) is 7.56. The van der Waals surface area contributed by atoms with Gasteiger partial charge in [-0.15, -0.1) is 0 Å². The van der Waals surface area contributed by atoms with E-state index in [9.17, 15) is 22.8 Å². The van der Waals surface area contributed by atoms with Crippen molar-refractivity contribution in [1.29, 1.82) is 0 Å². The quantitative estimate of drug-likeness (QED) is 0.558. The number of rotatable bonds is 8. The minimum atomic E-state index is -3.92. The Bertz CT molecular complexity index is 1180. The lowest BCUT2D eigenvalue weighted by atomic mass is 10.1. The number of esters is 1. The number of carbonyl (C=O) groups is 3. The smallest absolute Gasteiger partial charge is 0.307 e. The van der Waals surface area contributed by atoms with E-state index in [4.69, 9.17) is 9.88 Å². The van der Waals surface area contributed by atoms with E-state index in [0.29, 0.717) is 13.0 Å². The molecule has 0 radical (unpaired) electrons. The largest absolute Gasteiger partial charge is 0.453 e.